The van der Waals surface area contributed by atoms with Gasteiger partial charge < -0.3 is 24.4 Å². The van der Waals surface area contributed by atoms with Crippen LogP contribution in [0.1, 0.15) is 40.9 Å². The van der Waals surface area contributed by atoms with Gasteiger partial charge in [-0.25, -0.2) is 9.59 Å². The summed E-state index contributed by atoms with van der Waals surface area (Å²) in [5, 5.41) is 2.94. The Labute approximate surface area is 235 Å². The topological polar surface area (TPSA) is 101 Å². The second-order valence-electron chi connectivity index (χ2n) is 9.92. The molecule has 0 radical (unpaired) electrons. The molecule has 10 heteroatoms. The van der Waals surface area contributed by atoms with Crippen molar-refractivity contribution < 1.29 is 28.6 Å². The molecule has 0 aromatic heterocycles. The fourth-order valence-electron chi connectivity index (χ4n) is 5.12. The van der Waals surface area contributed by atoms with Crippen LogP contribution in [-0.2, 0) is 9.53 Å². The number of nitrogens with zero attached hydrogens (tertiary/aromatic N) is 3. The number of hydrogen-bond acceptors (Lipinski definition) is 7. The zero-order valence-corrected chi connectivity index (χ0v) is 23.9. The van der Waals surface area contributed by atoms with Crippen LogP contribution in [0.15, 0.2) is 53.7 Å². The highest BCUT2D eigenvalue weighted by Crippen LogP contribution is 2.38. The number of likely N-dealkylation sites (N-methyl/N-ethyl adjacent to an activating group) is 1. The van der Waals surface area contributed by atoms with Gasteiger partial charge in [0.2, 0.25) is 0 Å². The van der Waals surface area contributed by atoms with E-state index in [4.69, 9.17) is 14.2 Å². The Morgan fingerprint density at radius 2 is 1.75 bits per heavy atom. The van der Waals surface area contributed by atoms with E-state index in [-0.39, 0.29) is 18.5 Å². The number of ether oxygens (including phenoxy) is 3. The molecule has 2 aliphatic heterocycles. The van der Waals surface area contributed by atoms with Gasteiger partial charge in [-0.1, -0.05) is 17.7 Å². The molecule has 1 saturated heterocycles. The lowest BCUT2D eigenvalue weighted by molar-refractivity contribution is -0.139. The van der Waals surface area contributed by atoms with E-state index in [9.17, 15) is 14.4 Å². The molecule has 2 aromatic carbocycles. The van der Waals surface area contributed by atoms with Crippen molar-refractivity contribution >= 4 is 17.9 Å². The molecule has 0 bridgehead atoms. The molecule has 1 atom stereocenters. The van der Waals surface area contributed by atoms with Crippen LogP contribution in [-0.4, -0.2) is 93.2 Å². The summed E-state index contributed by atoms with van der Waals surface area (Å²) in [4.78, 5) is 45.3. The minimum absolute atomic E-state index is 0.00706. The molecule has 3 amide bonds. The maximum Gasteiger partial charge on any atom is 0.338 e. The first-order valence-corrected chi connectivity index (χ1v) is 13.5. The molecular weight excluding hydrogens is 512 g/mol. The molecule has 2 heterocycles. The lowest BCUT2D eigenvalue weighted by Crippen LogP contribution is -2.49. The predicted octanol–water partition coefficient (Wildman–Crippen LogP) is 3.37. The van der Waals surface area contributed by atoms with Gasteiger partial charge in [-0.15, -0.1) is 0 Å². The first-order chi connectivity index (χ1) is 19.3. The van der Waals surface area contributed by atoms with Crippen molar-refractivity contribution in [1.29, 1.82) is 0 Å². The van der Waals surface area contributed by atoms with E-state index in [1.54, 1.807) is 39.3 Å². The van der Waals surface area contributed by atoms with Crippen LogP contribution < -0.4 is 14.8 Å². The first kappa shape index (κ1) is 28.9. The van der Waals surface area contributed by atoms with Gasteiger partial charge in [0, 0.05) is 56.6 Å². The number of aryl methyl sites for hydroxylation is 1. The zero-order chi connectivity index (χ0) is 28.8. The van der Waals surface area contributed by atoms with Crippen LogP contribution >= 0.6 is 0 Å². The van der Waals surface area contributed by atoms with Crippen molar-refractivity contribution in [1.82, 2.24) is 20.0 Å². The first-order valence-electron chi connectivity index (χ1n) is 13.5. The molecule has 1 fully saturated rings. The Bertz CT molecular complexity index is 1280. The maximum absolute atomic E-state index is 13.4. The van der Waals surface area contributed by atoms with E-state index >= 15 is 0 Å². The van der Waals surface area contributed by atoms with Gasteiger partial charge >= 0.3 is 12.0 Å². The highest BCUT2D eigenvalue weighted by molar-refractivity contribution is 5.95. The molecule has 2 aliphatic rings. The molecule has 2 aromatic rings. The smallest absolute Gasteiger partial charge is 0.338 e. The maximum atomic E-state index is 13.4. The van der Waals surface area contributed by atoms with Crippen molar-refractivity contribution in [2.24, 2.45) is 0 Å². The van der Waals surface area contributed by atoms with Crippen LogP contribution in [0.3, 0.4) is 0 Å². The SMILES string of the molecule is CCOC(=O)C1=C(CN2CCCN(C(=O)c3ccc(C)cc3)CC2)N(C)C(=O)N[C@H]1c1cc(OC)ccc1OC. The van der Waals surface area contributed by atoms with Gasteiger partial charge in [0.1, 0.15) is 11.5 Å². The third-order valence-electron chi connectivity index (χ3n) is 7.37. The Hall–Kier alpha value is -4.05. The summed E-state index contributed by atoms with van der Waals surface area (Å²) in [6, 6.07) is 11.7. The fourth-order valence-corrected chi connectivity index (χ4v) is 5.12. The predicted molar refractivity (Wildman–Crippen MR) is 150 cm³/mol. The Balaban J connectivity index is 1.64. The highest BCUT2D eigenvalue weighted by atomic mass is 16.5. The van der Waals surface area contributed by atoms with E-state index < -0.39 is 12.0 Å². The number of carbonyl (C=O) groups is 3. The van der Waals surface area contributed by atoms with Crippen LogP contribution in [0, 0.1) is 6.92 Å². The number of rotatable bonds is 8. The highest BCUT2D eigenvalue weighted by Gasteiger charge is 2.39. The Morgan fingerprint density at radius 1 is 1.00 bits per heavy atom. The monoisotopic (exact) mass is 550 g/mol. The minimum atomic E-state index is -0.797. The third-order valence-corrected chi connectivity index (χ3v) is 7.37. The van der Waals surface area contributed by atoms with Gasteiger partial charge in [0.25, 0.3) is 5.91 Å². The van der Waals surface area contributed by atoms with Gasteiger partial charge in [-0.2, -0.15) is 0 Å². The fraction of sp³-hybridized carbons (Fsp3) is 0.433. The Morgan fingerprint density at radius 3 is 2.42 bits per heavy atom. The molecule has 10 nitrogen and oxygen atoms in total. The van der Waals surface area contributed by atoms with Crippen molar-refractivity contribution in [3.63, 3.8) is 0 Å². The average Bonchev–Trinajstić information content (AvgIpc) is 3.20. The van der Waals surface area contributed by atoms with E-state index in [0.717, 1.165) is 12.0 Å². The van der Waals surface area contributed by atoms with Gasteiger partial charge in [0.05, 0.1) is 32.4 Å². The molecule has 0 aliphatic carbocycles. The van der Waals surface area contributed by atoms with Gasteiger partial charge in [-0.3, -0.25) is 14.6 Å². The van der Waals surface area contributed by atoms with Crippen molar-refractivity contribution in [3.05, 3.63) is 70.4 Å². The Kier molecular flexibility index (Phi) is 9.31. The summed E-state index contributed by atoms with van der Waals surface area (Å²) >= 11 is 0. The summed E-state index contributed by atoms with van der Waals surface area (Å²) in [5.74, 6) is 0.578. The summed E-state index contributed by atoms with van der Waals surface area (Å²) in [6.07, 6.45) is 0.767. The number of benzene rings is 2. The zero-order valence-electron chi connectivity index (χ0n) is 23.9. The number of carbonyl (C=O) groups excluding carboxylic acids is 3. The summed E-state index contributed by atoms with van der Waals surface area (Å²) in [6.45, 7) is 6.75. The second kappa shape index (κ2) is 12.9. The molecule has 214 valence electrons. The lowest BCUT2D eigenvalue weighted by atomic mass is 9.93. The van der Waals surface area contributed by atoms with E-state index in [2.05, 4.69) is 10.2 Å². The number of hydrogen-bond donors (Lipinski definition) is 1. The average molecular weight is 551 g/mol. The number of nitrogens with one attached hydrogen (secondary N) is 1. The van der Waals surface area contributed by atoms with Crippen molar-refractivity contribution in [3.8, 4) is 11.5 Å². The number of urea groups is 1. The van der Waals surface area contributed by atoms with Crippen LogP contribution in [0.5, 0.6) is 11.5 Å². The van der Waals surface area contributed by atoms with E-state index in [1.807, 2.05) is 36.1 Å². The molecule has 0 spiro atoms. The molecule has 0 saturated carbocycles. The molecule has 1 N–H and O–H groups in total. The van der Waals surface area contributed by atoms with Crippen LogP contribution in [0.2, 0.25) is 0 Å². The summed E-state index contributed by atoms with van der Waals surface area (Å²) in [7, 11) is 4.74. The number of amides is 3. The summed E-state index contributed by atoms with van der Waals surface area (Å²) < 4.78 is 16.5. The van der Waals surface area contributed by atoms with Crippen molar-refractivity contribution in [2.45, 2.75) is 26.3 Å². The van der Waals surface area contributed by atoms with Gasteiger partial charge in [-0.05, 0) is 50.6 Å². The van der Waals surface area contributed by atoms with Crippen LogP contribution in [0.4, 0.5) is 4.79 Å². The quantitative estimate of drug-likeness (QED) is 0.503. The van der Waals surface area contributed by atoms with Crippen LogP contribution in [0.25, 0.3) is 0 Å². The lowest BCUT2D eigenvalue weighted by Gasteiger charge is -2.37. The summed E-state index contributed by atoms with van der Waals surface area (Å²) in [5.41, 5.74) is 3.26. The number of esters is 1. The minimum Gasteiger partial charge on any atom is -0.497 e. The second-order valence-corrected chi connectivity index (χ2v) is 9.92. The number of methoxy groups -OCH3 is 2. The van der Waals surface area contributed by atoms with E-state index in [1.165, 1.54) is 12.0 Å². The standard InChI is InChI=1S/C30H38N4O6/c1-6-40-29(36)26-24(32(3)30(37)31-27(26)23-18-22(38-4)12-13-25(23)39-5)19-33-14-7-15-34(17-16-33)28(35)21-10-8-20(2)9-11-21/h8-13,18,27H,6-7,14-17,19H2,1-5H3,(H,31,37)/t27-/m0/s1. The molecule has 4 rings (SSSR count). The van der Waals surface area contributed by atoms with Gasteiger partial charge in [0.15, 0.2) is 0 Å². The largest absolute Gasteiger partial charge is 0.497 e. The molecule has 40 heavy (non-hydrogen) atoms. The normalized spacial score (nSPS) is 18.2. The molecule has 0 unspecified atom stereocenters. The van der Waals surface area contributed by atoms with E-state index in [0.29, 0.717) is 66.6 Å². The molecular formula is C30H38N4O6. The van der Waals surface area contributed by atoms with Crippen molar-refractivity contribution in [2.75, 3.05) is 60.6 Å². The third kappa shape index (κ3) is 6.22.